The zero-order chi connectivity index (χ0) is 24.9. The molecule has 3 rings (SSSR count). The van der Waals surface area contributed by atoms with Crippen LogP contribution in [0.4, 0.5) is 0 Å². The normalized spacial score (nSPS) is 11.8. The number of aromatic nitrogens is 4. The molecule has 190 valence electrons. The van der Waals surface area contributed by atoms with Crippen molar-refractivity contribution in [2.45, 2.75) is 102 Å². The van der Waals surface area contributed by atoms with Crippen LogP contribution in [-0.4, -0.2) is 25.5 Å². The molecule has 0 radical (unpaired) electrons. The summed E-state index contributed by atoms with van der Waals surface area (Å²) in [5.41, 5.74) is 3.57. The second-order valence-corrected chi connectivity index (χ2v) is 12.6. The van der Waals surface area contributed by atoms with Crippen LogP contribution in [0, 0.1) is 0 Å². The van der Waals surface area contributed by atoms with Crippen LogP contribution in [0.25, 0.3) is 17.1 Å². The minimum Gasteiger partial charge on any atom is -0.269 e. The maximum Gasteiger partial charge on any atom is 0.206 e. The molecule has 0 spiro atoms. The Morgan fingerprint density at radius 2 is 1.34 bits per heavy atom. The summed E-state index contributed by atoms with van der Waals surface area (Å²) in [6.45, 7) is 9.00. The van der Waals surface area contributed by atoms with Crippen LogP contribution in [0.5, 0.6) is 0 Å². The van der Waals surface area contributed by atoms with Crippen LogP contribution < -0.4 is 0 Å². The average molecular weight is 511 g/mol. The predicted molar refractivity (Wildman–Crippen MR) is 153 cm³/mol. The molecule has 2 aromatic heterocycles. The van der Waals surface area contributed by atoms with Gasteiger partial charge in [0.2, 0.25) is 5.16 Å². The largest absolute Gasteiger partial charge is 0.269 e. The molecule has 0 bridgehead atoms. The molecule has 2 heterocycles. The molecule has 0 saturated carbocycles. The van der Waals surface area contributed by atoms with Crippen LogP contribution >= 0.6 is 21.6 Å². The molecule has 3 aromatic rings. The SMILES string of the molecule is CCCCCCCCCCCCSSc1nnc(-c2ccc(C(C)(C)C)cc2)n1-c1ccncc1. The molecule has 0 aliphatic rings. The molecule has 0 atom stereocenters. The first-order valence-electron chi connectivity index (χ1n) is 13.3. The minimum absolute atomic E-state index is 0.129. The van der Waals surface area contributed by atoms with E-state index >= 15 is 0 Å². The summed E-state index contributed by atoms with van der Waals surface area (Å²) in [6.07, 6.45) is 17.4. The van der Waals surface area contributed by atoms with Gasteiger partial charge < -0.3 is 0 Å². The van der Waals surface area contributed by atoms with Crippen molar-refractivity contribution in [2.24, 2.45) is 0 Å². The molecule has 0 saturated heterocycles. The van der Waals surface area contributed by atoms with Crippen molar-refractivity contribution in [1.29, 1.82) is 0 Å². The van der Waals surface area contributed by atoms with Gasteiger partial charge in [0.05, 0.1) is 5.69 Å². The lowest BCUT2D eigenvalue weighted by molar-refractivity contribution is 0.563. The van der Waals surface area contributed by atoms with Gasteiger partial charge in [-0.25, -0.2) is 0 Å². The van der Waals surface area contributed by atoms with Gasteiger partial charge in [0, 0.05) is 23.7 Å². The monoisotopic (exact) mass is 510 g/mol. The van der Waals surface area contributed by atoms with Crippen LogP contribution in [0.1, 0.15) is 97.5 Å². The third-order valence-electron chi connectivity index (χ3n) is 6.28. The number of unbranched alkanes of at least 4 members (excludes halogenated alkanes) is 9. The van der Waals surface area contributed by atoms with E-state index in [2.05, 4.69) is 71.7 Å². The molecule has 6 heteroatoms. The molecule has 0 aliphatic carbocycles. The van der Waals surface area contributed by atoms with E-state index in [1.807, 2.05) is 35.3 Å². The summed E-state index contributed by atoms with van der Waals surface area (Å²) < 4.78 is 2.16. The van der Waals surface area contributed by atoms with E-state index < -0.39 is 0 Å². The molecular formula is C29H42N4S2. The van der Waals surface area contributed by atoms with Crippen LogP contribution in [0.3, 0.4) is 0 Å². The Morgan fingerprint density at radius 3 is 1.94 bits per heavy atom. The molecule has 1 aromatic carbocycles. The van der Waals surface area contributed by atoms with Gasteiger partial charge in [0.1, 0.15) is 0 Å². The lowest BCUT2D eigenvalue weighted by atomic mass is 9.87. The number of nitrogens with zero attached hydrogens (tertiary/aromatic N) is 4. The number of pyridine rings is 1. The Kier molecular flexibility index (Phi) is 11.7. The van der Waals surface area contributed by atoms with Crippen molar-refractivity contribution in [3.05, 3.63) is 54.4 Å². The second-order valence-electron chi connectivity index (χ2n) is 10.3. The fraction of sp³-hybridized carbons (Fsp3) is 0.552. The second kappa shape index (κ2) is 14.7. The summed E-state index contributed by atoms with van der Waals surface area (Å²) in [7, 11) is 3.61. The zero-order valence-corrected chi connectivity index (χ0v) is 23.6. The van der Waals surface area contributed by atoms with Crippen molar-refractivity contribution in [2.75, 3.05) is 5.75 Å². The molecule has 0 unspecified atom stereocenters. The molecule has 0 N–H and O–H groups in total. The fourth-order valence-corrected chi connectivity index (χ4v) is 6.19. The van der Waals surface area contributed by atoms with Gasteiger partial charge in [-0.1, -0.05) is 121 Å². The van der Waals surface area contributed by atoms with E-state index in [9.17, 15) is 0 Å². The lowest BCUT2D eigenvalue weighted by Crippen LogP contribution is -2.10. The first-order chi connectivity index (χ1) is 17.0. The van der Waals surface area contributed by atoms with Gasteiger partial charge in [0.25, 0.3) is 0 Å². The van der Waals surface area contributed by atoms with Crippen molar-refractivity contribution < 1.29 is 0 Å². The minimum atomic E-state index is 0.129. The van der Waals surface area contributed by atoms with Gasteiger partial charge >= 0.3 is 0 Å². The van der Waals surface area contributed by atoms with Crippen LogP contribution in [0.2, 0.25) is 0 Å². The van der Waals surface area contributed by atoms with E-state index in [1.54, 1.807) is 10.8 Å². The Hall–Kier alpha value is -1.79. The van der Waals surface area contributed by atoms with Crippen molar-refractivity contribution in [3.8, 4) is 17.1 Å². The van der Waals surface area contributed by atoms with E-state index in [4.69, 9.17) is 0 Å². The average Bonchev–Trinajstić information content (AvgIpc) is 3.28. The van der Waals surface area contributed by atoms with Gasteiger partial charge in [-0.05, 0) is 40.3 Å². The van der Waals surface area contributed by atoms with E-state index in [-0.39, 0.29) is 5.41 Å². The van der Waals surface area contributed by atoms with E-state index in [0.29, 0.717) is 0 Å². The van der Waals surface area contributed by atoms with Gasteiger partial charge in [-0.15, -0.1) is 10.2 Å². The maximum atomic E-state index is 4.59. The highest BCUT2D eigenvalue weighted by atomic mass is 33.1. The van der Waals surface area contributed by atoms with Gasteiger partial charge in [-0.2, -0.15) is 0 Å². The van der Waals surface area contributed by atoms with Crippen molar-refractivity contribution in [1.82, 2.24) is 19.7 Å². The third kappa shape index (κ3) is 8.98. The quantitative estimate of drug-likeness (QED) is 0.150. The third-order valence-corrected chi connectivity index (χ3v) is 8.57. The number of rotatable bonds is 15. The molecule has 0 amide bonds. The highest BCUT2D eigenvalue weighted by molar-refractivity contribution is 8.76. The first kappa shape index (κ1) is 27.8. The maximum absolute atomic E-state index is 4.59. The Morgan fingerprint density at radius 1 is 0.743 bits per heavy atom. The highest BCUT2D eigenvalue weighted by Crippen LogP contribution is 2.35. The fourth-order valence-electron chi connectivity index (χ4n) is 4.10. The lowest BCUT2D eigenvalue weighted by Gasteiger charge is -2.19. The molecule has 0 fully saturated rings. The smallest absolute Gasteiger partial charge is 0.206 e. The summed E-state index contributed by atoms with van der Waals surface area (Å²) in [6, 6.07) is 12.8. The molecule has 35 heavy (non-hydrogen) atoms. The van der Waals surface area contributed by atoms with Crippen LogP contribution in [0.15, 0.2) is 53.9 Å². The number of hydrogen-bond donors (Lipinski definition) is 0. The van der Waals surface area contributed by atoms with Crippen molar-refractivity contribution >= 4 is 21.6 Å². The van der Waals surface area contributed by atoms with Gasteiger partial charge in [0.15, 0.2) is 5.82 Å². The number of benzene rings is 1. The van der Waals surface area contributed by atoms with E-state index in [1.165, 1.54) is 69.8 Å². The Bertz CT molecular complexity index is 978. The Labute approximate surface area is 220 Å². The summed E-state index contributed by atoms with van der Waals surface area (Å²) in [5, 5.41) is 10.1. The van der Waals surface area contributed by atoms with Crippen LogP contribution in [-0.2, 0) is 5.41 Å². The predicted octanol–water partition coefficient (Wildman–Crippen LogP) is 9.29. The van der Waals surface area contributed by atoms with Gasteiger partial charge in [-0.3, -0.25) is 9.55 Å². The Balaban J connectivity index is 1.53. The van der Waals surface area contributed by atoms with Crippen molar-refractivity contribution in [3.63, 3.8) is 0 Å². The number of hydrogen-bond acceptors (Lipinski definition) is 5. The zero-order valence-electron chi connectivity index (χ0n) is 22.0. The topological polar surface area (TPSA) is 43.6 Å². The first-order valence-corrected chi connectivity index (χ1v) is 15.6. The standard InChI is InChI=1S/C29H42N4S2/c1-5-6-7-8-9-10-11-12-13-14-23-34-35-28-32-31-27(33(28)26-19-21-30-22-20-26)24-15-17-25(18-16-24)29(2,3)4/h15-22H,5-14,23H2,1-4H3. The summed E-state index contributed by atoms with van der Waals surface area (Å²) >= 11 is 0. The van der Waals surface area contributed by atoms with E-state index in [0.717, 1.165) is 28.0 Å². The molecule has 0 aliphatic heterocycles. The molecule has 4 nitrogen and oxygen atoms in total. The highest BCUT2D eigenvalue weighted by Gasteiger charge is 2.18. The summed E-state index contributed by atoms with van der Waals surface area (Å²) in [5.74, 6) is 2.01. The summed E-state index contributed by atoms with van der Waals surface area (Å²) in [4.78, 5) is 4.20. The molecular weight excluding hydrogens is 468 g/mol.